The maximum Gasteiger partial charge on any atom is 0.331 e. The smallest absolute Gasteiger partial charge is 0.331 e. The third-order valence-electron chi connectivity index (χ3n) is 7.77. The molecule has 3 aliphatic heterocycles. The second-order valence-corrected chi connectivity index (χ2v) is 11.8. The lowest BCUT2D eigenvalue weighted by molar-refractivity contribution is 0.104. The average molecular weight is 495 g/mol. The summed E-state index contributed by atoms with van der Waals surface area (Å²) in [6, 6.07) is 8.43. The van der Waals surface area contributed by atoms with E-state index in [1.165, 1.54) is 5.56 Å². The summed E-state index contributed by atoms with van der Waals surface area (Å²) >= 11 is 6.03. The van der Waals surface area contributed by atoms with Crippen LogP contribution in [-0.2, 0) is 17.2 Å². The molecule has 4 heterocycles. The normalized spacial score (nSPS) is 30.8. The molecule has 5 aliphatic rings. The van der Waals surface area contributed by atoms with E-state index >= 15 is 0 Å². The highest BCUT2D eigenvalue weighted by atomic mass is 35.5. The minimum absolute atomic E-state index is 0.00630. The fourth-order valence-electron chi connectivity index (χ4n) is 5.79. The molecule has 0 spiro atoms. The van der Waals surface area contributed by atoms with Gasteiger partial charge < -0.3 is 15.3 Å². The highest BCUT2D eigenvalue weighted by molar-refractivity contribution is 7.86. The number of rotatable bonds is 5. The number of nitrogens with one attached hydrogen (secondary N) is 1. The SMILES string of the molecule is O=S1c2c(nc(N3C4CC(c5ccc(Cl)cc5)CC3C4)nc2NC2(CO)CCC2)CC1(F)F. The maximum absolute atomic E-state index is 14.4. The topological polar surface area (TPSA) is 78.4 Å². The molecule has 0 amide bonds. The standard InChI is InChI=1S/C23H25ClF2N4O2S/c24-15-4-2-13(3-5-15)14-8-16-10-17(9-14)30(16)21-27-18-11-23(25,26)33(32)19(18)20(28-21)29-22(12-31)6-1-7-22/h2-5,14,16-17,31H,1,6-12H2,(H,27,28,29). The first-order valence-corrected chi connectivity index (χ1v) is 12.9. The van der Waals surface area contributed by atoms with Gasteiger partial charge in [0.05, 0.1) is 24.3 Å². The van der Waals surface area contributed by atoms with E-state index < -0.39 is 28.0 Å². The maximum atomic E-state index is 14.4. The predicted octanol–water partition coefficient (Wildman–Crippen LogP) is 4.24. The van der Waals surface area contributed by atoms with Crippen molar-refractivity contribution in [1.29, 1.82) is 0 Å². The predicted molar refractivity (Wildman–Crippen MR) is 122 cm³/mol. The van der Waals surface area contributed by atoms with Crippen molar-refractivity contribution in [2.45, 2.75) is 78.6 Å². The van der Waals surface area contributed by atoms with Gasteiger partial charge in [0.15, 0.2) is 0 Å². The van der Waals surface area contributed by atoms with Gasteiger partial charge in [-0.1, -0.05) is 23.7 Å². The van der Waals surface area contributed by atoms with Crippen LogP contribution >= 0.6 is 11.6 Å². The Morgan fingerprint density at radius 2 is 1.85 bits per heavy atom. The number of nitrogens with zero attached hydrogens (tertiary/aromatic N) is 3. The van der Waals surface area contributed by atoms with E-state index in [1.54, 1.807) is 0 Å². The average Bonchev–Trinajstić information content (AvgIpc) is 2.99. The van der Waals surface area contributed by atoms with Crippen LogP contribution in [0, 0.1) is 0 Å². The number of aromatic nitrogens is 2. The first-order chi connectivity index (χ1) is 15.8. The molecule has 4 fully saturated rings. The number of benzene rings is 1. The summed E-state index contributed by atoms with van der Waals surface area (Å²) in [6.45, 7) is -0.123. The van der Waals surface area contributed by atoms with Crippen molar-refractivity contribution in [2.24, 2.45) is 0 Å². The summed E-state index contributed by atoms with van der Waals surface area (Å²) in [5.41, 5.74) is 0.819. The first-order valence-electron chi connectivity index (χ1n) is 11.4. The number of hydrogen-bond donors (Lipinski definition) is 2. The van der Waals surface area contributed by atoms with Gasteiger partial charge in [0.1, 0.15) is 21.5 Å². The molecule has 2 N–H and O–H groups in total. The third kappa shape index (κ3) is 3.46. The van der Waals surface area contributed by atoms with E-state index in [9.17, 15) is 18.1 Å². The van der Waals surface area contributed by atoms with Crippen LogP contribution in [0.3, 0.4) is 0 Å². The van der Waals surface area contributed by atoms with Crippen LogP contribution in [-0.4, -0.2) is 48.8 Å². The zero-order valence-corrected chi connectivity index (χ0v) is 19.5. The lowest BCUT2D eigenvalue weighted by atomic mass is 9.71. The van der Waals surface area contributed by atoms with Gasteiger partial charge in [-0.3, -0.25) is 0 Å². The number of hydrogen-bond acceptors (Lipinski definition) is 6. The Balaban J connectivity index is 1.31. The first kappa shape index (κ1) is 21.7. The number of piperidine rings is 1. The lowest BCUT2D eigenvalue weighted by Crippen LogP contribution is -2.61. The monoisotopic (exact) mass is 494 g/mol. The van der Waals surface area contributed by atoms with E-state index in [2.05, 4.69) is 32.3 Å². The van der Waals surface area contributed by atoms with Gasteiger partial charge >= 0.3 is 5.25 Å². The highest BCUT2D eigenvalue weighted by Crippen LogP contribution is 2.49. The van der Waals surface area contributed by atoms with Gasteiger partial charge in [-0.05, 0) is 62.1 Å². The van der Waals surface area contributed by atoms with Gasteiger partial charge in [0.25, 0.3) is 0 Å². The van der Waals surface area contributed by atoms with Crippen LogP contribution in [0.1, 0.15) is 55.7 Å². The molecule has 3 unspecified atom stereocenters. The molecule has 33 heavy (non-hydrogen) atoms. The Morgan fingerprint density at radius 3 is 2.45 bits per heavy atom. The second kappa shape index (κ2) is 7.58. The Morgan fingerprint density at radius 1 is 1.15 bits per heavy atom. The Kier molecular flexibility index (Phi) is 4.98. The molecule has 2 aliphatic carbocycles. The number of alkyl halides is 2. The van der Waals surface area contributed by atoms with Crippen molar-refractivity contribution in [2.75, 3.05) is 16.8 Å². The number of anilines is 2. The second-order valence-electron chi connectivity index (χ2n) is 9.82. The van der Waals surface area contributed by atoms with Gasteiger partial charge in [-0.15, -0.1) is 0 Å². The van der Waals surface area contributed by atoms with E-state index in [1.807, 2.05) is 12.1 Å². The van der Waals surface area contributed by atoms with Crippen LogP contribution in [0.25, 0.3) is 0 Å². The van der Waals surface area contributed by atoms with Crippen LogP contribution in [0.15, 0.2) is 29.2 Å². The Bertz CT molecular complexity index is 1110. The molecule has 2 bridgehead atoms. The van der Waals surface area contributed by atoms with Crippen molar-refractivity contribution < 1.29 is 18.1 Å². The van der Waals surface area contributed by atoms with Crippen molar-refractivity contribution in [3.63, 3.8) is 0 Å². The Labute approximate surface area is 198 Å². The number of fused-ring (bicyclic) bond motifs is 3. The van der Waals surface area contributed by atoms with E-state index in [-0.39, 0.29) is 35.1 Å². The Hall–Kier alpha value is -1.84. The summed E-state index contributed by atoms with van der Waals surface area (Å²) in [4.78, 5) is 11.3. The zero-order chi connectivity index (χ0) is 23.0. The molecule has 2 aromatic rings. The minimum atomic E-state index is -3.36. The fraction of sp³-hybridized carbons (Fsp3) is 0.565. The quantitative estimate of drug-likeness (QED) is 0.647. The van der Waals surface area contributed by atoms with Crippen LogP contribution < -0.4 is 10.2 Å². The van der Waals surface area contributed by atoms with Crippen molar-refractivity contribution in [3.8, 4) is 0 Å². The van der Waals surface area contributed by atoms with Crippen LogP contribution in [0.4, 0.5) is 20.5 Å². The molecule has 0 radical (unpaired) electrons. The summed E-state index contributed by atoms with van der Waals surface area (Å²) in [5, 5.41) is 10.4. The molecule has 2 saturated heterocycles. The van der Waals surface area contributed by atoms with E-state index in [4.69, 9.17) is 11.6 Å². The van der Waals surface area contributed by atoms with Gasteiger partial charge in [-0.2, -0.15) is 13.8 Å². The molecule has 3 atom stereocenters. The third-order valence-corrected chi connectivity index (χ3v) is 9.51. The van der Waals surface area contributed by atoms with E-state index in [0.717, 1.165) is 38.5 Å². The van der Waals surface area contributed by atoms with Crippen molar-refractivity contribution in [1.82, 2.24) is 9.97 Å². The van der Waals surface area contributed by atoms with Crippen molar-refractivity contribution in [3.05, 3.63) is 40.5 Å². The van der Waals surface area contributed by atoms with Gasteiger partial charge in [-0.25, -0.2) is 9.19 Å². The molecule has 176 valence electrons. The summed E-state index contributed by atoms with van der Waals surface area (Å²) < 4.78 is 41.3. The summed E-state index contributed by atoms with van der Waals surface area (Å²) in [5.74, 6) is 1.03. The lowest BCUT2D eigenvalue weighted by Gasteiger charge is -2.55. The van der Waals surface area contributed by atoms with Gasteiger partial charge in [0, 0.05) is 17.1 Å². The molecular formula is C23H25ClF2N4O2S. The molecule has 7 rings (SSSR count). The largest absolute Gasteiger partial charge is 0.394 e. The fourth-order valence-corrected chi connectivity index (χ4v) is 7.09. The minimum Gasteiger partial charge on any atom is -0.394 e. The number of halogens is 3. The molecule has 2 saturated carbocycles. The zero-order valence-electron chi connectivity index (χ0n) is 17.9. The number of aliphatic hydroxyl groups is 1. The molecular weight excluding hydrogens is 470 g/mol. The summed E-state index contributed by atoms with van der Waals surface area (Å²) in [7, 11) is -2.51. The highest BCUT2D eigenvalue weighted by Gasteiger charge is 2.52. The van der Waals surface area contributed by atoms with Crippen LogP contribution in [0.5, 0.6) is 0 Å². The van der Waals surface area contributed by atoms with Gasteiger partial charge in [0.2, 0.25) is 5.95 Å². The number of aliphatic hydroxyl groups excluding tert-OH is 1. The molecule has 1 aromatic carbocycles. The van der Waals surface area contributed by atoms with Crippen LogP contribution in [0.2, 0.25) is 5.02 Å². The molecule has 6 nitrogen and oxygen atoms in total. The van der Waals surface area contributed by atoms with E-state index in [0.29, 0.717) is 16.9 Å². The molecule has 1 aromatic heterocycles. The summed E-state index contributed by atoms with van der Waals surface area (Å²) in [6.07, 6.45) is 4.62. The molecule has 10 heteroatoms. The van der Waals surface area contributed by atoms with Crippen molar-refractivity contribution >= 4 is 34.2 Å².